The lowest BCUT2D eigenvalue weighted by atomic mass is 9.98. The molecule has 0 spiro atoms. The molecule has 1 fully saturated rings. The van der Waals surface area contributed by atoms with Gasteiger partial charge in [0.05, 0.1) is 0 Å². The Kier molecular flexibility index (Phi) is 4.07. The van der Waals surface area contributed by atoms with Gasteiger partial charge >= 0.3 is 0 Å². The summed E-state index contributed by atoms with van der Waals surface area (Å²) in [4.78, 5) is 9.31. The van der Waals surface area contributed by atoms with Crippen LogP contribution in [0.15, 0.2) is 0 Å². The summed E-state index contributed by atoms with van der Waals surface area (Å²) in [6.07, 6.45) is 2.94. The number of ether oxygens (including phenoxy) is 1. The van der Waals surface area contributed by atoms with Crippen molar-refractivity contribution < 1.29 is 4.74 Å². The Balaban J connectivity index is 2.24. The lowest BCUT2D eigenvalue weighted by Crippen LogP contribution is -2.18. The first kappa shape index (κ1) is 12.5. The Hall–Kier alpha value is -1.00. The molecular weight excluding hydrogens is 214 g/mol. The van der Waals surface area contributed by atoms with Crippen molar-refractivity contribution in [2.75, 3.05) is 19.8 Å². The number of nitrogens with two attached hydrogens (primary N) is 1. The Morgan fingerprint density at radius 2 is 1.76 bits per heavy atom. The molecule has 0 bridgehead atoms. The summed E-state index contributed by atoms with van der Waals surface area (Å²) in [6.45, 7) is 6.43. The molecule has 2 N–H and O–H groups in total. The van der Waals surface area contributed by atoms with Crippen LogP contribution in [0.25, 0.3) is 0 Å². The van der Waals surface area contributed by atoms with Gasteiger partial charge in [-0.2, -0.15) is 0 Å². The molecule has 1 saturated heterocycles. The topological polar surface area (TPSA) is 61.0 Å². The van der Waals surface area contributed by atoms with E-state index in [4.69, 9.17) is 10.5 Å². The molecule has 0 aliphatic carbocycles. The molecule has 0 radical (unpaired) electrons. The average Bonchev–Trinajstić information content (AvgIpc) is 2.35. The molecule has 0 amide bonds. The second-order valence-corrected chi connectivity index (χ2v) is 4.66. The van der Waals surface area contributed by atoms with Crippen LogP contribution >= 0.6 is 0 Å². The van der Waals surface area contributed by atoms with Gasteiger partial charge in [0.2, 0.25) is 0 Å². The van der Waals surface area contributed by atoms with Gasteiger partial charge in [-0.1, -0.05) is 0 Å². The molecule has 2 heterocycles. The van der Waals surface area contributed by atoms with E-state index in [0.717, 1.165) is 49.7 Å². The summed E-state index contributed by atoms with van der Waals surface area (Å²) < 4.78 is 5.37. The van der Waals surface area contributed by atoms with Crippen molar-refractivity contribution in [1.82, 2.24) is 9.97 Å². The van der Waals surface area contributed by atoms with E-state index in [-0.39, 0.29) is 0 Å². The number of nitrogens with zero attached hydrogens (tertiary/aromatic N) is 2. The summed E-state index contributed by atoms with van der Waals surface area (Å²) in [5.41, 5.74) is 8.99. The van der Waals surface area contributed by atoms with Crippen LogP contribution in [0.5, 0.6) is 0 Å². The molecule has 4 heteroatoms. The van der Waals surface area contributed by atoms with Crippen LogP contribution in [0, 0.1) is 13.8 Å². The van der Waals surface area contributed by atoms with E-state index in [0.29, 0.717) is 12.5 Å². The summed E-state index contributed by atoms with van der Waals surface area (Å²) in [5.74, 6) is 1.46. The highest BCUT2D eigenvalue weighted by Crippen LogP contribution is 2.25. The van der Waals surface area contributed by atoms with Gasteiger partial charge < -0.3 is 10.5 Å². The highest BCUT2D eigenvalue weighted by atomic mass is 16.5. The second kappa shape index (κ2) is 5.56. The Morgan fingerprint density at radius 3 is 2.29 bits per heavy atom. The first-order chi connectivity index (χ1) is 8.22. The van der Waals surface area contributed by atoms with Gasteiger partial charge in [-0.15, -0.1) is 0 Å². The van der Waals surface area contributed by atoms with Crippen molar-refractivity contribution in [1.29, 1.82) is 0 Å². The molecule has 0 unspecified atom stereocenters. The molecule has 1 aromatic rings. The molecule has 0 atom stereocenters. The van der Waals surface area contributed by atoms with Gasteiger partial charge in [-0.25, -0.2) is 9.97 Å². The largest absolute Gasteiger partial charge is 0.381 e. The molecule has 2 rings (SSSR count). The normalized spacial score (nSPS) is 17.4. The zero-order valence-corrected chi connectivity index (χ0v) is 10.7. The zero-order chi connectivity index (χ0) is 12.3. The molecule has 94 valence electrons. The molecule has 0 saturated carbocycles. The van der Waals surface area contributed by atoms with E-state index in [9.17, 15) is 0 Å². The first-order valence-electron chi connectivity index (χ1n) is 6.34. The van der Waals surface area contributed by atoms with Gasteiger partial charge in [0.1, 0.15) is 5.82 Å². The monoisotopic (exact) mass is 235 g/mol. The highest BCUT2D eigenvalue weighted by Gasteiger charge is 2.20. The molecule has 1 aliphatic heterocycles. The molecule has 17 heavy (non-hydrogen) atoms. The molecule has 4 nitrogen and oxygen atoms in total. The highest BCUT2D eigenvalue weighted by molar-refractivity contribution is 5.25. The number of rotatable bonds is 3. The number of aryl methyl sites for hydroxylation is 2. The number of hydrogen-bond donors (Lipinski definition) is 1. The summed E-state index contributed by atoms with van der Waals surface area (Å²) in [6, 6.07) is 0. The minimum Gasteiger partial charge on any atom is -0.381 e. The fraction of sp³-hybridized carbons (Fsp3) is 0.692. The average molecular weight is 235 g/mol. The zero-order valence-electron chi connectivity index (χ0n) is 10.7. The van der Waals surface area contributed by atoms with E-state index < -0.39 is 0 Å². The lowest BCUT2D eigenvalue weighted by molar-refractivity contribution is 0.0835. The standard InChI is InChI=1S/C13H21N3O/c1-9-12(3-6-14)10(2)16-13(15-9)11-4-7-17-8-5-11/h11H,3-8,14H2,1-2H3. The fourth-order valence-corrected chi connectivity index (χ4v) is 2.41. The van der Waals surface area contributed by atoms with Crippen LogP contribution in [-0.4, -0.2) is 29.7 Å². The van der Waals surface area contributed by atoms with Crippen molar-refractivity contribution in [2.24, 2.45) is 5.73 Å². The van der Waals surface area contributed by atoms with Gasteiger partial charge in [0.15, 0.2) is 0 Å². The van der Waals surface area contributed by atoms with Crippen molar-refractivity contribution in [3.8, 4) is 0 Å². The van der Waals surface area contributed by atoms with Crippen LogP contribution in [0.1, 0.15) is 41.5 Å². The number of hydrogen-bond acceptors (Lipinski definition) is 4. The predicted molar refractivity (Wildman–Crippen MR) is 67.1 cm³/mol. The predicted octanol–water partition coefficient (Wildman–Crippen LogP) is 1.49. The van der Waals surface area contributed by atoms with Crippen LogP contribution in [0.4, 0.5) is 0 Å². The third-order valence-corrected chi connectivity index (χ3v) is 3.42. The Labute approximate surface area is 103 Å². The van der Waals surface area contributed by atoms with Crippen LogP contribution < -0.4 is 5.73 Å². The van der Waals surface area contributed by atoms with Crippen molar-refractivity contribution in [3.63, 3.8) is 0 Å². The number of aromatic nitrogens is 2. The minimum atomic E-state index is 0.466. The summed E-state index contributed by atoms with van der Waals surface area (Å²) in [5, 5.41) is 0. The molecule has 1 aromatic heterocycles. The van der Waals surface area contributed by atoms with Crippen LogP contribution in [-0.2, 0) is 11.2 Å². The van der Waals surface area contributed by atoms with E-state index in [2.05, 4.69) is 23.8 Å². The van der Waals surface area contributed by atoms with E-state index in [1.807, 2.05) is 0 Å². The van der Waals surface area contributed by atoms with E-state index >= 15 is 0 Å². The SMILES string of the molecule is Cc1nc(C2CCOCC2)nc(C)c1CCN. The van der Waals surface area contributed by atoms with Gasteiger partial charge in [0.25, 0.3) is 0 Å². The van der Waals surface area contributed by atoms with Gasteiger partial charge in [-0.3, -0.25) is 0 Å². The maximum absolute atomic E-state index is 5.61. The lowest BCUT2D eigenvalue weighted by Gasteiger charge is -2.22. The van der Waals surface area contributed by atoms with Gasteiger partial charge in [-0.05, 0) is 45.2 Å². The molecular formula is C13H21N3O. The van der Waals surface area contributed by atoms with Crippen LogP contribution in [0.3, 0.4) is 0 Å². The fourth-order valence-electron chi connectivity index (χ4n) is 2.41. The summed E-state index contributed by atoms with van der Waals surface area (Å²) >= 11 is 0. The third-order valence-electron chi connectivity index (χ3n) is 3.42. The summed E-state index contributed by atoms with van der Waals surface area (Å²) in [7, 11) is 0. The maximum atomic E-state index is 5.61. The minimum absolute atomic E-state index is 0.466. The van der Waals surface area contributed by atoms with Crippen molar-refractivity contribution in [2.45, 2.75) is 39.0 Å². The van der Waals surface area contributed by atoms with Gasteiger partial charge in [0, 0.05) is 30.5 Å². The Morgan fingerprint density at radius 1 is 1.18 bits per heavy atom. The molecule has 1 aliphatic rings. The van der Waals surface area contributed by atoms with E-state index in [1.165, 1.54) is 5.56 Å². The Bertz CT molecular complexity index is 363. The third kappa shape index (κ3) is 2.82. The smallest absolute Gasteiger partial charge is 0.132 e. The molecule has 0 aromatic carbocycles. The van der Waals surface area contributed by atoms with E-state index in [1.54, 1.807) is 0 Å². The maximum Gasteiger partial charge on any atom is 0.132 e. The quantitative estimate of drug-likeness (QED) is 0.862. The van der Waals surface area contributed by atoms with Crippen molar-refractivity contribution in [3.05, 3.63) is 22.8 Å². The second-order valence-electron chi connectivity index (χ2n) is 4.66. The van der Waals surface area contributed by atoms with Crippen molar-refractivity contribution >= 4 is 0 Å². The van der Waals surface area contributed by atoms with Crippen LogP contribution in [0.2, 0.25) is 0 Å². The first-order valence-corrected chi connectivity index (χ1v) is 6.34.